The van der Waals surface area contributed by atoms with Crippen molar-refractivity contribution in [2.75, 3.05) is 26.4 Å². The molecule has 0 saturated heterocycles. The van der Waals surface area contributed by atoms with Crippen LogP contribution in [0.25, 0.3) is 20.9 Å². The van der Waals surface area contributed by atoms with Crippen LogP contribution in [0, 0.1) is 0 Å². The van der Waals surface area contributed by atoms with Crippen molar-refractivity contribution in [3.05, 3.63) is 116 Å². The highest BCUT2D eigenvalue weighted by Crippen LogP contribution is 2.44. The first-order valence-corrected chi connectivity index (χ1v) is 13.5. The molecule has 3 aromatic rings. The van der Waals surface area contributed by atoms with Crippen LogP contribution >= 0.6 is 0 Å². The number of rotatable bonds is 15. The van der Waals surface area contributed by atoms with Crippen LogP contribution in [0.15, 0.2) is 88.0 Å². The van der Waals surface area contributed by atoms with Crippen molar-refractivity contribution < 1.29 is 23.8 Å². The van der Waals surface area contributed by atoms with Gasteiger partial charge < -0.3 is 14.6 Å². The van der Waals surface area contributed by atoms with E-state index in [-0.39, 0.29) is 32.0 Å². The molecule has 0 aromatic heterocycles. The lowest BCUT2D eigenvalue weighted by molar-refractivity contribution is -0.130. The summed E-state index contributed by atoms with van der Waals surface area (Å²) in [6, 6.07) is 20.8. The molecule has 0 fully saturated rings. The van der Waals surface area contributed by atoms with Gasteiger partial charge in [-0.1, -0.05) is 58.8 Å². The zero-order chi connectivity index (χ0) is 30.5. The zero-order valence-corrected chi connectivity index (χ0v) is 23.1. The second-order valence-electron chi connectivity index (χ2n) is 9.44. The SMILES string of the molecule is [N-]=[N+]=NCc1ccccc1[C@@H]1OC(c2ccc(OCCCO)cc2)=N[C@]1(Cc1ccccc1N=[N+]=[N-])C(=O)NNCCF. The van der Waals surface area contributed by atoms with Crippen LogP contribution in [0.1, 0.15) is 34.8 Å². The summed E-state index contributed by atoms with van der Waals surface area (Å²) in [7, 11) is 0. The van der Waals surface area contributed by atoms with Gasteiger partial charge in [0, 0.05) is 47.1 Å². The molecule has 13 nitrogen and oxygen atoms in total. The smallest absolute Gasteiger partial charge is 0.266 e. The highest BCUT2D eigenvalue weighted by Gasteiger charge is 2.54. The van der Waals surface area contributed by atoms with Crippen LogP contribution < -0.4 is 15.6 Å². The van der Waals surface area contributed by atoms with E-state index in [0.29, 0.717) is 46.7 Å². The van der Waals surface area contributed by atoms with Crippen LogP contribution in [0.2, 0.25) is 0 Å². The molecular weight excluding hydrogens is 557 g/mol. The fourth-order valence-corrected chi connectivity index (χ4v) is 4.70. The molecule has 0 aliphatic carbocycles. The molecular formula is C29H30FN9O4. The van der Waals surface area contributed by atoms with Gasteiger partial charge in [0.15, 0.2) is 11.6 Å². The summed E-state index contributed by atoms with van der Waals surface area (Å²) < 4.78 is 25.1. The Bertz CT molecular complexity index is 1540. The highest BCUT2D eigenvalue weighted by molar-refractivity contribution is 6.01. The van der Waals surface area contributed by atoms with E-state index in [9.17, 15) is 14.7 Å². The summed E-state index contributed by atoms with van der Waals surface area (Å²) >= 11 is 0. The van der Waals surface area contributed by atoms with Gasteiger partial charge in [0.1, 0.15) is 12.4 Å². The summed E-state index contributed by atoms with van der Waals surface area (Å²) in [5, 5.41) is 16.5. The maximum absolute atomic E-state index is 14.1. The zero-order valence-electron chi connectivity index (χ0n) is 23.1. The number of ether oxygens (including phenoxy) is 2. The molecule has 1 amide bonds. The van der Waals surface area contributed by atoms with E-state index in [4.69, 9.17) is 25.1 Å². The lowest BCUT2D eigenvalue weighted by atomic mass is 9.80. The number of aliphatic hydroxyl groups excluding tert-OH is 1. The topological polar surface area (TPSA) is 190 Å². The summed E-state index contributed by atoms with van der Waals surface area (Å²) in [6.07, 6.45) is -0.600. The first kappa shape index (κ1) is 30.8. The first-order valence-electron chi connectivity index (χ1n) is 13.5. The molecule has 0 saturated carbocycles. The summed E-state index contributed by atoms with van der Waals surface area (Å²) in [6.45, 7) is -0.502. The summed E-state index contributed by atoms with van der Waals surface area (Å²) in [4.78, 5) is 24.8. The number of halogens is 1. The number of aliphatic hydroxyl groups is 1. The minimum atomic E-state index is -1.68. The van der Waals surface area contributed by atoms with Crippen LogP contribution in [0.4, 0.5) is 10.1 Å². The fourth-order valence-electron chi connectivity index (χ4n) is 4.70. The number of carbonyl (C=O) groups excluding carboxylic acids is 1. The number of alkyl halides is 1. The average Bonchev–Trinajstić information content (AvgIpc) is 3.42. The van der Waals surface area contributed by atoms with E-state index in [0.717, 1.165) is 0 Å². The molecule has 222 valence electrons. The quantitative estimate of drug-likeness (QED) is 0.0714. The van der Waals surface area contributed by atoms with E-state index in [1.807, 2.05) is 0 Å². The monoisotopic (exact) mass is 587 g/mol. The fraction of sp³-hybridized carbons (Fsp3) is 0.310. The van der Waals surface area contributed by atoms with Crippen LogP contribution in [-0.4, -0.2) is 48.9 Å². The molecule has 2 atom stereocenters. The largest absolute Gasteiger partial charge is 0.494 e. The number of nitrogens with zero attached hydrogens (tertiary/aromatic N) is 7. The number of carbonyl (C=O) groups is 1. The molecule has 0 bridgehead atoms. The highest BCUT2D eigenvalue weighted by atomic mass is 19.1. The van der Waals surface area contributed by atoms with E-state index >= 15 is 0 Å². The number of aliphatic imine (C=N–C) groups is 1. The Morgan fingerprint density at radius 2 is 1.81 bits per heavy atom. The Hall–Kier alpha value is -5.13. The Labute approximate surface area is 246 Å². The number of nitrogens with one attached hydrogen (secondary N) is 2. The molecule has 43 heavy (non-hydrogen) atoms. The predicted molar refractivity (Wildman–Crippen MR) is 157 cm³/mol. The maximum atomic E-state index is 14.1. The lowest BCUT2D eigenvalue weighted by Gasteiger charge is -2.32. The van der Waals surface area contributed by atoms with Crippen molar-refractivity contribution in [3.8, 4) is 5.75 Å². The first-order chi connectivity index (χ1) is 21.1. The van der Waals surface area contributed by atoms with Gasteiger partial charge in [-0.2, -0.15) is 0 Å². The van der Waals surface area contributed by atoms with Gasteiger partial charge in [0.2, 0.25) is 5.90 Å². The van der Waals surface area contributed by atoms with E-state index in [1.54, 1.807) is 72.8 Å². The van der Waals surface area contributed by atoms with Crippen molar-refractivity contribution in [2.45, 2.75) is 31.0 Å². The van der Waals surface area contributed by atoms with Gasteiger partial charge in [0.25, 0.3) is 5.91 Å². The van der Waals surface area contributed by atoms with Crippen molar-refractivity contribution in [1.29, 1.82) is 0 Å². The van der Waals surface area contributed by atoms with Gasteiger partial charge in [-0.25, -0.2) is 14.8 Å². The third-order valence-electron chi connectivity index (χ3n) is 6.70. The van der Waals surface area contributed by atoms with Crippen molar-refractivity contribution in [3.63, 3.8) is 0 Å². The Morgan fingerprint density at radius 1 is 1.07 bits per heavy atom. The van der Waals surface area contributed by atoms with E-state index < -0.39 is 24.2 Å². The molecule has 0 unspecified atom stereocenters. The van der Waals surface area contributed by atoms with Gasteiger partial charge in [-0.15, -0.1) is 0 Å². The maximum Gasteiger partial charge on any atom is 0.266 e. The minimum absolute atomic E-state index is 0.00510. The normalized spacial score (nSPS) is 17.2. The predicted octanol–water partition coefficient (Wildman–Crippen LogP) is 5.29. The molecule has 1 aliphatic heterocycles. The second-order valence-corrected chi connectivity index (χ2v) is 9.44. The number of amides is 1. The van der Waals surface area contributed by atoms with Crippen LogP contribution in [0.3, 0.4) is 0 Å². The Morgan fingerprint density at radius 3 is 2.53 bits per heavy atom. The summed E-state index contributed by atoms with van der Waals surface area (Å²) in [5.41, 5.74) is 24.2. The van der Waals surface area contributed by atoms with Gasteiger partial charge in [-0.3, -0.25) is 10.2 Å². The van der Waals surface area contributed by atoms with Gasteiger partial charge >= 0.3 is 0 Å². The number of hydrogen-bond donors (Lipinski definition) is 3. The summed E-state index contributed by atoms with van der Waals surface area (Å²) in [5.74, 6) is 0.126. The molecule has 0 radical (unpaired) electrons. The molecule has 0 spiro atoms. The number of hydrogen-bond acceptors (Lipinski definition) is 8. The minimum Gasteiger partial charge on any atom is -0.494 e. The number of hydrazine groups is 1. The van der Waals surface area contributed by atoms with Crippen LogP contribution in [0.5, 0.6) is 5.75 Å². The number of azide groups is 2. The third-order valence-corrected chi connectivity index (χ3v) is 6.70. The molecule has 3 aromatic carbocycles. The lowest BCUT2D eigenvalue weighted by Crippen LogP contribution is -2.54. The van der Waals surface area contributed by atoms with E-state index in [2.05, 4.69) is 30.9 Å². The third kappa shape index (κ3) is 7.39. The molecule has 1 heterocycles. The van der Waals surface area contributed by atoms with Crippen molar-refractivity contribution in [1.82, 2.24) is 10.9 Å². The number of benzene rings is 3. The second kappa shape index (κ2) is 15.2. The van der Waals surface area contributed by atoms with Gasteiger partial charge in [-0.05, 0) is 52.0 Å². The molecule has 3 N–H and O–H groups in total. The molecule has 4 rings (SSSR count). The molecule has 1 aliphatic rings. The Kier molecular flexibility index (Phi) is 10.9. The van der Waals surface area contributed by atoms with Gasteiger partial charge in [0.05, 0.1) is 13.2 Å². The average molecular weight is 588 g/mol. The molecule has 14 heteroatoms. The van der Waals surface area contributed by atoms with Crippen LogP contribution in [-0.2, 0) is 22.5 Å². The standard InChI is InChI=1S/C29H30FN9O4/c30-14-15-33-37-28(41)29(18-21-6-2-4-9-25(21)36-39-32)26(24-8-3-1-7-22(24)19-34-38-31)43-27(35-29)20-10-12-23(13-11-20)42-17-5-16-40/h1-4,6-13,26,33,40H,5,14-19H2,(H,37,41)/t26-,29-/m0/s1. The Balaban J connectivity index is 1.86. The van der Waals surface area contributed by atoms with Crippen molar-refractivity contribution in [2.24, 2.45) is 15.2 Å². The van der Waals surface area contributed by atoms with Crippen molar-refractivity contribution >= 4 is 17.5 Å². The van der Waals surface area contributed by atoms with E-state index in [1.165, 1.54) is 0 Å².